The molecule has 2 aromatic rings. The first-order valence-electron chi connectivity index (χ1n) is 4.50. The van der Waals surface area contributed by atoms with Gasteiger partial charge in [-0.25, -0.2) is 0 Å². The van der Waals surface area contributed by atoms with Gasteiger partial charge >= 0.3 is 0 Å². The van der Waals surface area contributed by atoms with Crippen molar-refractivity contribution in [2.24, 2.45) is 5.84 Å². The molecule has 0 radical (unpaired) electrons. The summed E-state index contributed by atoms with van der Waals surface area (Å²) in [5.41, 5.74) is 3.07. The van der Waals surface area contributed by atoms with Crippen molar-refractivity contribution >= 4 is 39.0 Å². The molecule has 0 aliphatic carbocycles. The van der Waals surface area contributed by atoms with Crippen LogP contribution in [-0.2, 0) is 10.1 Å². The molecule has 0 aliphatic rings. The highest BCUT2D eigenvalue weighted by Crippen LogP contribution is 2.28. The molecule has 0 amide bonds. The van der Waals surface area contributed by atoms with Gasteiger partial charge in [-0.15, -0.1) is 12.4 Å². The Balaban J connectivity index is 0.00000144. The maximum absolute atomic E-state index is 11.2. The minimum absolute atomic E-state index is 0. The molecule has 0 saturated heterocycles. The Morgan fingerprint density at radius 2 is 1.65 bits per heavy atom. The van der Waals surface area contributed by atoms with Crippen molar-refractivity contribution in [1.82, 2.24) is 0 Å². The maximum atomic E-state index is 11.2. The molecule has 92 valence electrons. The number of rotatable bonds is 2. The van der Waals surface area contributed by atoms with Crippen LogP contribution in [0.3, 0.4) is 0 Å². The minimum atomic E-state index is -4.22. The summed E-state index contributed by atoms with van der Waals surface area (Å²) in [6.45, 7) is 0. The van der Waals surface area contributed by atoms with Gasteiger partial charge in [0.2, 0.25) is 0 Å². The van der Waals surface area contributed by atoms with Gasteiger partial charge in [-0.1, -0.05) is 24.3 Å². The van der Waals surface area contributed by atoms with Gasteiger partial charge in [0, 0.05) is 10.8 Å². The average molecular weight is 275 g/mol. The molecule has 0 aromatic heterocycles. The van der Waals surface area contributed by atoms with Crippen LogP contribution in [0.15, 0.2) is 41.3 Å². The predicted molar refractivity (Wildman–Crippen MR) is 68.8 cm³/mol. The van der Waals surface area contributed by atoms with E-state index in [0.717, 1.165) is 0 Å². The summed E-state index contributed by atoms with van der Waals surface area (Å²) in [4.78, 5) is -0.123. The van der Waals surface area contributed by atoms with Crippen LogP contribution in [0.5, 0.6) is 0 Å². The first-order valence-corrected chi connectivity index (χ1v) is 5.94. The molecule has 4 N–H and O–H groups in total. The molecule has 0 aliphatic heterocycles. The van der Waals surface area contributed by atoms with Crippen LogP contribution >= 0.6 is 12.4 Å². The number of nitrogens with two attached hydrogens (primary N) is 1. The fourth-order valence-electron chi connectivity index (χ4n) is 1.62. The summed E-state index contributed by atoms with van der Waals surface area (Å²) in [5.74, 6) is 5.31. The summed E-state index contributed by atoms with van der Waals surface area (Å²) in [5, 5.41) is 1.07. The fraction of sp³-hybridized carbons (Fsp3) is 0. The number of anilines is 1. The van der Waals surface area contributed by atoms with Crippen molar-refractivity contribution in [3.63, 3.8) is 0 Å². The van der Waals surface area contributed by atoms with E-state index in [0.29, 0.717) is 16.5 Å². The zero-order valence-corrected chi connectivity index (χ0v) is 10.3. The number of nitrogen functional groups attached to an aromatic ring is 1. The van der Waals surface area contributed by atoms with Crippen molar-refractivity contribution in [1.29, 1.82) is 0 Å². The number of halogens is 1. The Bertz CT molecular complexity index is 643. The van der Waals surface area contributed by atoms with Gasteiger partial charge in [-0.2, -0.15) is 8.42 Å². The highest BCUT2D eigenvalue weighted by atomic mass is 35.5. The largest absolute Gasteiger partial charge is 0.324 e. The summed E-state index contributed by atoms with van der Waals surface area (Å²) in [6.07, 6.45) is 0. The van der Waals surface area contributed by atoms with Gasteiger partial charge in [0.05, 0.1) is 5.69 Å². The number of hydrogen-bond donors (Lipinski definition) is 3. The molecule has 0 atom stereocenters. The molecule has 0 saturated carbocycles. The Labute approximate surface area is 105 Å². The Kier molecular flexibility index (Phi) is 3.94. The van der Waals surface area contributed by atoms with E-state index < -0.39 is 10.1 Å². The van der Waals surface area contributed by atoms with Crippen LogP contribution in [0.4, 0.5) is 5.69 Å². The molecule has 0 fully saturated rings. The highest BCUT2D eigenvalue weighted by Gasteiger charge is 2.14. The number of benzene rings is 2. The van der Waals surface area contributed by atoms with E-state index in [1.807, 2.05) is 0 Å². The number of hydrazine groups is 1. The van der Waals surface area contributed by atoms with Gasteiger partial charge < -0.3 is 5.43 Å². The molecule has 7 heteroatoms. The van der Waals surface area contributed by atoms with Crippen LogP contribution in [0.2, 0.25) is 0 Å². The molecule has 0 unspecified atom stereocenters. The first kappa shape index (κ1) is 13.7. The van der Waals surface area contributed by atoms with Gasteiger partial charge in [0.15, 0.2) is 0 Å². The van der Waals surface area contributed by atoms with Gasteiger partial charge in [0.1, 0.15) is 4.90 Å². The Morgan fingerprint density at radius 1 is 1.06 bits per heavy atom. The van der Waals surface area contributed by atoms with Crippen LogP contribution in [0.1, 0.15) is 0 Å². The summed E-state index contributed by atoms with van der Waals surface area (Å²) < 4.78 is 31.4. The number of nitrogens with one attached hydrogen (secondary N) is 1. The third kappa shape index (κ3) is 2.50. The van der Waals surface area contributed by atoms with Crippen LogP contribution < -0.4 is 11.3 Å². The topological polar surface area (TPSA) is 92.4 Å². The lowest BCUT2D eigenvalue weighted by atomic mass is 10.1. The molecule has 0 spiro atoms. The van der Waals surface area contributed by atoms with E-state index in [1.165, 1.54) is 12.1 Å². The van der Waals surface area contributed by atoms with E-state index >= 15 is 0 Å². The second-order valence-electron chi connectivity index (χ2n) is 3.28. The first-order chi connectivity index (χ1) is 7.54. The molecule has 0 bridgehead atoms. The number of fused-ring (bicyclic) bond motifs is 1. The maximum Gasteiger partial charge on any atom is 0.295 e. The van der Waals surface area contributed by atoms with Gasteiger partial charge in [0.25, 0.3) is 10.1 Å². The molecular weight excluding hydrogens is 264 g/mol. The molecular formula is C10H11ClN2O3S. The van der Waals surface area contributed by atoms with Crippen molar-refractivity contribution in [3.8, 4) is 0 Å². The standard InChI is InChI=1S/C10H10N2O3S.ClH/c11-12-9-5-6-10(16(13,14)15)8-4-2-1-3-7(8)9;/h1-6,12H,11H2,(H,13,14,15);1H. The van der Waals surface area contributed by atoms with E-state index in [1.54, 1.807) is 24.3 Å². The molecule has 5 nitrogen and oxygen atoms in total. The monoisotopic (exact) mass is 274 g/mol. The van der Waals surface area contributed by atoms with Crippen molar-refractivity contribution in [2.45, 2.75) is 4.90 Å². The van der Waals surface area contributed by atoms with E-state index in [-0.39, 0.29) is 17.3 Å². The van der Waals surface area contributed by atoms with Crippen LogP contribution in [-0.4, -0.2) is 13.0 Å². The summed E-state index contributed by atoms with van der Waals surface area (Å²) in [7, 11) is -4.22. The molecule has 2 rings (SSSR count). The van der Waals surface area contributed by atoms with Gasteiger partial charge in [-0.05, 0) is 12.1 Å². The van der Waals surface area contributed by atoms with Crippen molar-refractivity contribution < 1.29 is 13.0 Å². The lowest BCUT2D eigenvalue weighted by Gasteiger charge is -2.08. The van der Waals surface area contributed by atoms with E-state index in [9.17, 15) is 8.42 Å². The predicted octanol–water partition coefficient (Wildman–Crippen LogP) is 1.79. The normalized spacial score (nSPS) is 10.9. The van der Waals surface area contributed by atoms with Crippen molar-refractivity contribution in [3.05, 3.63) is 36.4 Å². The lowest BCUT2D eigenvalue weighted by molar-refractivity contribution is 0.484. The number of hydrogen-bond acceptors (Lipinski definition) is 4. The zero-order chi connectivity index (χ0) is 11.8. The third-order valence-electron chi connectivity index (χ3n) is 2.32. The highest BCUT2D eigenvalue weighted by molar-refractivity contribution is 7.86. The van der Waals surface area contributed by atoms with Crippen LogP contribution in [0.25, 0.3) is 10.8 Å². The third-order valence-corrected chi connectivity index (χ3v) is 3.23. The van der Waals surface area contributed by atoms with Crippen molar-refractivity contribution in [2.75, 3.05) is 5.43 Å². The Morgan fingerprint density at radius 3 is 2.18 bits per heavy atom. The van der Waals surface area contributed by atoms with E-state index in [4.69, 9.17) is 10.4 Å². The Hall–Kier alpha value is -1.34. The van der Waals surface area contributed by atoms with Crippen LogP contribution in [0, 0.1) is 0 Å². The average Bonchev–Trinajstić information content (AvgIpc) is 2.26. The minimum Gasteiger partial charge on any atom is -0.324 e. The quantitative estimate of drug-likeness (QED) is 0.441. The summed E-state index contributed by atoms with van der Waals surface area (Å²) in [6, 6.07) is 9.60. The second-order valence-corrected chi connectivity index (χ2v) is 4.67. The lowest BCUT2D eigenvalue weighted by Crippen LogP contribution is -2.08. The summed E-state index contributed by atoms with van der Waals surface area (Å²) >= 11 is 0. The van der Waals surface area contributed by atoms with Gasteiger partial charge in [-0.3, -0.25) is 10.4 Å². The molecule has 2 aromatic carbocycles. The molecule has 17 heavy (non-hydrogen) atoms. The van der Waals surface area contributed by atoms with E-state index in [2.05, 4.69) is 5.43 Å². The second kappa shape index (κ2) is 4.89. The smallest absolute Gasteiger partial charge is 0.295 e. The SMILES string of the molecule is Cl.NNc1ccc(S(=O)(=O)O)c2ccccc12. The fourth-order valence-corrected chi connectivity index (χ4v) is 2.32. The zero-order valence-electron chi connectivity index (χ0n) is 8.62. The molecule has 0 heterocycles.